The van der Waals surface area contributed by atoms with Crippen LogP contribution >= 0.6 is 0 Å². The van der Waals surface area contributed by atoms with Crippen LogP contribution in [0.3, 0.4) is 0 Å². The summed E-state index contributed by atoms with van der Waals surface area (Å²) >= 11 is 0. The molecular formula is C18H30N2O. The van der Waals surface area contributed by atoms with Crippen LogP contribution in [0.5, 0.6) is 0 Å². The predicted octanol–water partition coefficient (Wildman–Crippen LogP) is 2.43. The number of hydrogen-bond acceptors (Lipinski definition) is 3. The predicted molar refractivity (Wildman–Crippen MR) is 88.2 cm³/mol. The van der Waals surface area contributed by atoms with Gasteiger partial charge in [0.15, 0.2) is 0 Å². The first kappa shape index (κ1) is 16.5. The second kappa shape index (κ2) is 7.92. The van der Waals surface area contributed by atoms with Crippen molar-refractivity contribution in [3.05, 3.63) is 35.9 Å². The molecule has 3 heteroatoms. The van der Waals surface area contributed by atoms with Crippen LogP contribution in [0.1, 0.15) is 38.2 Å². The van der Waals surface area contributed by atoms with Crippen molar-refractivity contribution in [1.82, 2.24) is 4.90 Å². The summed E-state index contributed by atoms with van der Waals surface area (Å²) in [5.41, 5.74) is 7.03. The normalized spacial score (nSPS) is 20.3. The molecule has 0 bridgehead atoms. The minimum absolute atomic E-state index is 0.0755. The molecule has 3 N–H and O–H groups in total. The molecule has 1 unspecified atom stereocenters. The van der Waals surface area contributed by atoms with Gasteiger partial charge in [0, 0.05) is 5.54 Å². The molecule has 0 spiro atoms. The van der Waals surface area contributed by atoms with Gasteiger partial charge >= 0.3 is 0 Å². The second-order valence-corrected chi connectivity index (χ2v) is 6.89. The molecule has 0 radical (unpaired) electrons. The summed E-state index contributed by atoms with van der Waals surface area (Å²) in [7, 11) is 0. The smallest absolute Gasteiger partial charge is 0.0608 e. The monoisotopic (exact) mass is 290 g/mol. The van der Waals surface area contributed by atoms with Gasteiger partial charge in [-0.05, 0) is 70.1 Å². The van der Waals surface area contributed by atoms with Crippen molar-refractivity contribution in [1.29, 1.82) is 0 Å². The summed E-state index contributed by atoms with van der Waals surface area (Å²) in [6, 6.07) is 10.8. The lowest BCUT2D eigenvalue weighted by atomic mass is 9.90. The van der Waals surface area contributed by atoms with Crippen molar-refractivity contribution in [2.24, 2.45) is 11.7 Å². The van der Waals surface area contributed by atoms with Gasteiger partial charge in [-0.3, -0.25) is 0 Å². The van der Waals surface area contributed by atoms with Crippen LogP contribution < -0.4 is 5.73 Å². The first-order valence-corrected chi connectivity index (χ1v) is 8.25. The standard InChI is InChI=1S/C18H30N2O/c1-18(19,15-21)10-5-11-20-12-8-17(9-13-20)14-16-6-3-2-4-7-16/h2-4,6-7,17,21H,5,8-15,19H2,1H3. The van der Waals surface area contributed by atoms with Crippen molar-refractivity contribution in [3.63, 3.8) is 0 Å². The first-order valence-electron chi connectivity index (χ1n) is 8.25. The molecule has 1 fully saturated rings. The topological polar surface area (TPSA) is 49.5 Å². The lowest BCUT2D eigenvalue weighted by Crippen LogP contribution is -2.41. The molecule has 0 saturated carbocycles. The van der Waals surface area contributed by atoms with Crippen molar-refractivity contribution in [3.8, 4) is 0 Å². The van der Waals surface area contributed by atoms with E-state index in [9.17, 15) is 0 Å². The van der Waals surface area contributed by atoms with Gasteiger partial charge < -0.3 is 15.7 Å². The fraction of sp³-hybridized carbons (Fsp3) is 0.667. The maximum absolute atomic E-state index is 9.17. The van der Waals surface area contributed by atoms with Crippen LogP contribution in [0.15, 0.2) is 30.3 Å². The fourth-order valence-electron chi connectivity index (χ4n) is 3.15. The van der Waals surface area contributed by atoms with Crippen molar-refractivity contribution in [2.45, 2.75) is 44.6 Å². The molecule has 1 aliphatic rings. The highest BCUT2D eigenvalue weighted by atomic mass is 16.3. The second-order valence-electron chi connectivity index (χ2n) is 6.89. The number of aliphatic hydroxyl groups is 1. The molecule has 1 saturated heterocycles. The molecule has 1 heterocycles. The third-order valence-electron chi connectivity index (χ3n) is 4.66. The Balaban J connectivity index is 1.64. The fourth-order valence-corrected chi connectivity index (χ4v) is 3.15. The van der Waals surface area contributed by atoms with E-state index in [4.69, 9.17) is 10.8 Å². The van der Waals surface area contributed by atoms with E-state index in [0.29, 0.717) is 0 Å². The van der Waals surface area contributed by atoms with E-state index in [1.54, 1.807) is 0 Å². The van der Waals surface area contributed by atoms with E-state index >= 15 is 0 Å². The van der Waals surface area contributed by atoms with Crippen LogP contribution in [0.25, 0.3) is 0 Å². The Labute approximate surface area is 129 Å². The Morgan fingerprint density at radius 3 is 2.52 bits per heavy atom. The van der Waals surface area contributed by atoms with Crippen LogP contribution in [0.4, 0.5) is 0 Å². The zero-order chi connectivity index (χ0) is 15.1. The summed E-state index contributed by atoms with van der Waals surface area (Å²) < 4.78 is 0. The summed E-state index contributed by atoms with van der Waals surface area (Å²) in [5.74, 6) is 0.834. The summed E-state index contributed by atoms with van der Waals surface area (Å²) in [6.45, 7) is 5.53. The van der Waals surface area contributed by atoms with E-state index in [0.717, 1.165) is 25.3 Å². The van der Waals surface area contributed by atoms with E-state index in [2.05, 4.69) is 35.2 Å². The third kappa shape index (κ3) is 5.77. The lowest BCUT2D eigenvalue weighted by molar-refractivity contribution is 0.163. The van der Waals surface area contributed by atoms with Gasteiger partial charge in [-0.15, -0.1) is 0 Å². The van der Waals surface area contributed by atoms with Gasteiger partial charge in [-0.1, -0.05) is 30.3 Å². The summed E-state index contributed by atoms with van der Waals surface area (Å²) in [6.07, 6.45) is 5.80. The minimum atomic E-state index is -0.411. The Kier molecular flexibility index (Phi) is 6.22. The van der Waals surface area contributed by atoms with Gasteiger partial charge in [0.25, 0.3) is 0 Å². The van der Waals surface area contributed by atoms with Gasteiger partial charge in [-0.25, -0.2) is 0 Å². The highest BCUT2D eigenvalue weighted by Gasteiger charge is 2.21. The molecule has 1 atom stereocenters. The molecule has 0 aromatic heterocycles. The number of benzene rings is 1. The lowest BCUT2D eigenvalue weighted by Gasteiger charge is -2.33. The van der Waals surface area contributed by atoms with Gasteiger partial charge in [-0.2, -0.15) is 0 Å². The quantitative estimate of drug-likeness (QED) is 0.811. The maximum atomic E-state index is 9.17. The number of piperidine rings is 1. The highest BCUT2D eigenvalue weighted by Crippen LogP contribution is 2.22. The molecular weight excluding hydrogens is 260 g/mol. The Hall–Kier alpha value is -0.900. The first-order chi connectivity index (χ1) is 10.1. The minimum Gasteiger partial charge on any atom is -0.394 e. The van der Waals surface area contributed by atoms with Gasteiger partial charge in [0.2, 0.25) is 0 Å². The van der Waals surface area contributed by atoms with Crippen LogP contribution in [0, 0.1) is 5.92 Å². The number of hydrogen-bond donors (Lipinski definition) is 2. The SMILES string of the molecule is CC(N)(CO)CCCN1CCC(Cc2ccccc2)CC1. The van der Waals surface area contributed by atoms with E-state index < -0.39 is 5.54 Å². The van der Waals surface area contributed by atoms with Crippen LogP contribution in [-0.2, 0) is 6.42 Å². The molecule has 0 aliphatic carbocycles. The molecule has 2 rings (SSSR count). The number of likely N-dealkylation sites (tertiary alicyclic amines) is 1. The summed E-state index contributed by atoms with van der Waals surface area (Å²) in [5, 5.41) is 9.17. The number of aliphatic hydroxyl groups excluding tert-OH is 1. The number of nitrogens with two attached hydrogens (primary N) is 1. The third-order valence-corrected chi connectivity index (χ3v) is 4.66. The van der Waals surface area contributed by atoms with E-state index in [-0.39, 0.29) is 6.61 Å². The number of rotatable bonds is 7. The van der Waals surface area contributed by atoms with Crippen molar-refractivity contribution >= 4 is 0 Å². The Morgan fingerprint density at radius 2 is 1.90 bits per heavy atom. The average molecular weight is 290 g/mol. The molecule has 1 aromatic carbocycles. The van der Waals surface area contributed by atoms with Gasteiger partial charge in [0.1, 0.15) is 0 Å². The zero-order valence-corrected chi connectivity index (χ0v) is 13.3. The van der Waals surface area contributed by atoms with E-state index in [1.165, 1.54) is 37.9 Å². The van der Waals surface area contributed by atoms with Crippen LogP contribution in [-0.4, -0.2) is 41.8 Å². The molecule has 3 nitrogen and oxygen atoms in total. The summed E-state index contributed by atoms with van der Waals surface area (Å²) in [4.78, 5) is 2.55. The Bertz CT molecular complexity index is 397. The van der Waals surface area contributed by atoms with E-state index in [1.807, 2.05) is 6.92 Å². The Morgan fingerprint density at radius 1 is 1.24 bits per heavy atom. The van der Waals surface area contributed by atoms with Gasteiger partial charge in [0.05, 0.1) is 6.61 Å². The molecule has 1 aliphatic heterocycles. The van der Waals surface area contributed by atoms with Crippen molar-refractivity contribution in [2.75, 3.05) is 26.2 Å². The molecule has 0 amide bonds. The maximum Gasteiger partial charge on any atom is 0.0608 e. The molecule has 1 aromatic rings. The number of nitrogens with zero attached hydrogens (tertiary/aromatic N) is 1. The van der Waals surface area contributed by atoms with Crippen molar-refractivity contribution < 1.29 is 5.11 Å². The zero-order valence-electron chi connectivity index (χ0n) is 13.3. The highest BCUT2D eigenvalue weighted by molar-refractivity contribution is 5.15. The molecule has 118 valence electrons. The van der Waals surface area contributed by atoms with Crippen LogP contribution in [0.2, 0.25) is 0 Å². The largest absolute Gasteiger partial charge is 0.394 e. The molecule has 21 heavy (non-hydrogen) atoms. The average Bonchev–Trinajstić information content (AvgIpc) is 2.50.